The number of benzene rings is 3. The van der Waals surface area contributed by atoms with Crippen molar-refractivity contribution in [3.8, 4) is 0 Å². The third-order valence-electron chi connectivity index (χ3n) is 4.08. The van der Waals surface area contributed by atoms with Crippen LogP contribution in [0.15, 0.2) is 78.9 Å². The van der Waals surface area contributed by atoms with Crippen molar-refractivity contribution >= 4 is 29.0 Å². The fraction of sp³-hybridized carbons (Fsp3) is 0.0909. The molecule has 0 aliphatic heterocycles. The van der Waals surface area contributed by atoms with Crippen molar-refractivity contribution in [3.63, 3.8) is 0 Å². The van der Waals surface area contributed by atoms with Gasteiger partial charge in [0, 0.05) is 11.1 Å². The van der Waals surface area contributed by atoms with Crippen LogP contribution in [0.3, 0.4) is 0 Å². The number of carbonyl (C=O) groups is 2. The van der Waals surface area contributed by atoms with E-state index in [4.69, 9.17) is 11.6 Å². The van der Waals surface area contributed by atoms with Gasteiger partial charge in [0.1, 0.15) is 0 Å². The zero-order valence-electron chi connectivity index (χ0n) is 14.8. The summed E-state index contributed by atoms with van der Waals surface area (Å²) in [4.78, 5) is 25.6. The molecule has 0 aliphatic rings. The number of anilines is 1. The number of nitrogens with one attached hydrogen (secondary N) is 2. The zero-order valence-corrected chi connectivity index (χ0v) is 15.5. The topological polar surface area (TPSA) is 58.2 Å². The second kappa shape index (κ2) is 8.52. The molecule has 1 atom stereocenters. The monoisotopic (exact) mass is 378 g/mol. The van der Waals surface area contributed by atoms with Gasteiger partial charge in [-0.3, -0.25) is 9.59 Å². The highest BCUT2D eigenvalue weighted by Gasteiger charge is 2.23. The number of aryl methyl sites for hydroxylation is 1. The predicted octanol–water partition coefficient (Wildman–Crippen LogP) is 4.70. The number of ketones is 1. The molecule has 1 amide bonds. The summed E-state index contributed by atoms with van der Waals surface area (Å²) in [6.07, 6.45) is -0.957. The minimum Gasteiger partial charge on any atom is -0.358 e. The molecule has 4 nitrogen and oxygen atoms in total. The molecule has 0 spiro atoms. The van der Waals surface area contributed by atoms with Crippen LogP contribution < -0.4 is 10.6 Å². The molecule has 0 unspecified atom stereocenters. The smallest absolute Gasteiger partial charge is 0.253 e. The summed E-state index contributed by atoms with van der Waals surface area (Å²) in [6.45, 7) is 1.95. The van der Waals surface area contributed by atoms with Gasteiger partial charge in [0.2, 0.25) is 5.78 Å². The average Bonchev–Trinajstić information content (AvgIpc) is 2.69. The summed E-state index contributed by atoms with van der Waals surface area (Å²) >= 11 is 6.20. The summed E-state index contributed by atoms with van der Waals surface area (Å²) < 4.78 is 0. The van der Waals surface area contributed by atoms with Gasteiger partial charge in [-0.25, -0.2) is 0 Å². The van der Waals surface area contributed by atoms with Gasteiger partial charge >= 0.3 is 0 Å². The Morgan fingerprint density at radius 1 is 0.815 bits per heavy atom. The Hall–Kier alpha value is -3.11. The standard InChI is InChI=1S/C22H19ClN2O2/c1-15-11-13-17(14-12-15)22(27)25-21(20(26)16-7-3-2-4-8-16)24-19-10-6-5-9-18(19)23/h2-14,21,24H,1H3,(H,25,27)/t21-/m1/s1. The molecule has 0 fully saturated rings. The van der Waals surface area contributed by atoms with Crippen LogP contribution in [0, 0.1) is 6.92 Å². The lowest BCUT2D eigenvalue weighted by Gasteiger charge is -2.21. The van der Waals surface area contributed by atoms with E-state index in [0.717, 1.165) is 5.56 Å². The maximum absolute atomic E-state index is 13.0. The molecule has 0 aromatic heterocycles. The molecule has 0 saturated heterocycles. The zero-order chi connectivity index (χ0) is 19.2. The van der Waals surface area contributed by atoms with Crippen LogP contribution in [-0.4, -0.2) is 17.9 Å². The van der Waals surface area contributed by atoms with E-state index in [-0.39, 0.29) is 11.7 Å². The molecule has 0 radical (unpaired) electrons. The van der Waals surface area contributed by atoms with Gasteiger partial charge in [-0.2, -0.15) is 0 Å². The first-order chi connectivity index (χ1) is 13.0. The van der Waals surface area contributed by atoms with Gasteiger partial charge in [-0.05, 0) is 31.2 Å². The molecule has 2 N–H and O–H groups in total. The second-order valence-electron chi connectivity index (χ2n) is 6.13. The van der Waals surface area contributed by atoms with Crippen molar-refractivity contribution in [3.05, 3.63) is 101 Å². The van der Waals surface area contributed by atoms with E-state index >= 15 is 0 Å². The number of hydrogen-bond donors (Lipinski definition) is 2. The number of Topliss-reactive ketones (excluding diaryl/α,β-unsaturated/α-hetero) is 1. The van der Waals surface area contributed by atoms with E-state index in [1.165, 1.54) is 0 Å². The summed E-state index contributed by atoms with van der Waals surface area (Å²) in [5.41, 5.74) is 2.59. The fourth-order valence-electron chi connectivity index (χ4n) is 2.59. The molecule has 0 heterocycles. The van der Waals surface area contributed by atoms with E-state index < -0.39 is 6.17 Å². The number of rotatable bonds is 6. The van der Waals surface area contributed by atoms with Crippen molar-refractivity contribution in [2.24, 2.45) is 0 Å². The van der Waals surface area contributed by atoms with Crippen LogP contribution in [0.1, 0.15) is 26.3 Å². The van der Waals surface area contributed by atoms with Crippen LogP contribution in [0.5, 0.6) is 0 Å². The number of amides is 1. The minimum absolute atomic E-state index is 0.254. The molecule has 0 bridgehead atoms. The molecule has 0 saturated carbocycles. The molecular formula is C22H19ClN2O2. The lowest BCUT2D eigenvalue weighted by Crippen LogP contribution is -2.46. The first-order valence-corrected chi connectivity index (χ1v) is 8.90. The van der Waals surface area contributed by atoms with Gasteiger partial charge in [0.15, 0.2) is 6.17 Å². The third-order valence-corrected chi connectivity index (χ3v) is 4.41. The fourth-order valence-corrected chi connectivity index (χ4v) is 2.78. The molecule has 136 valence electrons. The van der Waals surface area contributed by atoms with Gasteiger partial charge in [-0.1, -0.05) is 71.8 Å². The van der Waals surface area contributed by atoms with Crippen molar-refractivity contribution in [2.75, 3.05) is 5.32 Å². The Balaban J connectivity index is 1.87. The van der Waals surface area contributed by atoms with Gasteiger partial charge in [0.25, 0.3) is 5.91 Å². The maximum Gasteiger partial charge on any atom is 0.253 e. The average molecular weight is 379 g/mol. The van der Waals surface area contributed by atoms with Gasteiger partial charge in [0.05, 0.1) is 10.7 Å². The van der Waals surface area contributed by atoms with E-state index in [2.05, 4.69) is 10.6 Å². The molecule has 3 rings (SSSR count). The van der Waals surface area contributed by atoms with E-state index in [0.29, 0.717) is 21.8 Å². The quantitative estimate of drug-likeness (QED) is 0.483. The van der Waals surface area contributed by atoms with Crippen molar-refractivity contribution in [1.82, 2.24) is 5.32 Å². The van der Waals surface area contributed by atoms with Crippen LogP contribution >= 0.6 is 11.6 Å². The number of halogens is 1. The van der Waals surface area contributed by atoms with Crippen LogP contribution in [0.4, 0.5) is 5.69 Å². The molecular weight excluding hydrogens is 360 g/mol. The highest BCUT2D eigenvalue weighted by molar-refractivity contribution is 6.33. The van der Waals surface area contributed by atoms with Crippen molar-refractivity contribution < 1.29 is 9.59 Å². The third kappa shape index (κ3) is 4.74. The Labute approximate surface area is 163 Å². The first kappa shape index (κ1) is 18.7. The molecule has 5 heteroatoms. The highest BCUT2D eigenvalue weighted by atomic mass is 35.5. The molecule has 27 heavy (non-hydrogen) atoms. The SMILES string of the molecule is Cc1ccc(C(=O)N[C@@H](Nc2ccccc2Cl)C(=O)c2ccccc2)cc1. The highest BCUT2D eigenvalue weighted by Crippen LogP contribution is 2.21. The Kier molecular flexibility index (Phi) is 5.89. The first-order valence-electron chi connectivity index (χ1n) is 8.52. The van der Waals surface area contributed by atoms with E-state index in [1.54, 1.807) is 60.7 Å². The van der Waals surface area contributed by atoms with Crippen molar-refractivity contribution in [2.45, 2.75) is 13.1 Å². The van der Waals surface area contributed by atoms with E-state index in [1.807, 2.05) is 25.1 Å². The predicted molar refractivity (Wildman–Crippen MR) is 108 cm³/mol. The summed E-state index contributed by atoms with van der Waals surface area (Å²) in [6, 6.07) is 23.0. The lowest BCUT2D eigenvalue weighted by atomic mass is 10.1. The van der Waals surface area contributed by atoms with Crippen molar-refractivity contribution in [1.29, 1.82) is 0 Å². The maximum atomic E-state index is 13.0. The minimum atomic E-state index is -0.957. The molecule has 3 aromatic carbocycles. The van der Waals surface area contributed by atoms with Gasteiger partial charge in [-0.15, -0.1) is 0 Å². The van der Waals surface area contributed by atoms with E-state index in [9.17, 15) is 9.59 Å². The lowest BCUT2D eigenvalue weighted by molar-refractivity contribution is 0.0869. The number of para-hydroxylation sites is 1. The molecule has 3 aromatic rings. The Morgan fingerprint density at radius 2 is 1.44 bits per heavy atom. The normalized spacial score (nSPS) is 11.5. The summed E-state index contributed by atoms with van der Waals surface area (Å²) in [7, 11) is 0. The van der Waals surface area contributed by atoms with Gasteiger partial charge < -0.3 is 10.6 Å². The Bertz CT molecular complexity index is 940. The second-order valence-corrected chi connectivity index (χ2v) is 6.53. The van der Waals surface area contributed by atoms with Crippen LogP contribution in [0.25, 0.3) is 0 Å². The van der Waals surface area contributed by atoms with Crippen LogP contribution in [-0.2, 0) is 0 Å². The van der Waals surface area contributed by atoms with Crippen LogP contribution in [0.2, 0.25) is 5.02 Å². The summed E-state index contributed by atoms with van der Waals surface area (Å²) in [5, 5.41) is 6.28. The largest absolute Gasteiger partial charge is 0.358 e. The summed E-state index contributed by atoms with van der Waals surface area (Å²) in [5.74, 6) is -0.597. The number of carbonyl (C=O) groups excluding carboxylic acids is 2. The number of hydrogen-bond acceptors (Lipinski definition) is 3. The molecule has 0 aliphatic carbocycles. The Morgan fingerprint density at radius 3 is 2.11 bits per heavy atom.